The van der Waals surface area contributed by atoms with E-state index in [9.17, 15) is 14.4 Å². The fraction of sp³-hybridized carbons (Fsp3) is 0.143. The van der Waals surface area contributed by atoms with Crippen LogP contribution < -0.4 is 10.2 Å². The first-order chi connectivity index (χ1) is 13.1. The number of hydrogen-bond donors (Lipinski definition) is 1. The Kier molecular flexibility index (Phi) is 3.33. The number of carbonyl (C=O) groups is 3. The van der Waals surface area contributed by atoms with Gasteiger partial charge < -0.3 is 0 Å². The van der Waals surface area contributed by atoms with Crippen LogP contribution in [0.25, 0.3) is 21.9 Å². The number of rotatable bonds is 2. The summed E-state index contributed by atoms with van der Waals surface area (Å²) in [5.74, 6) is -0.921. The third-order valence-corrected chi connectivity index (χ3v) is 5.18. The smallest absolute Gasteiger partial charge is 0.259 e. The molecule has 0 bridgehead atoms. The van der Waals surface area contributed by atoms with E-state index < -0.39 is 11.9 Å². The number of hydrogen-bond acceptors (Lipinski definition) is 4. The van der Waals surface area contributed by atoms with Crippen molar-refractivity contribution in [3.8, 4) is 11.1 Å². The molecule has 3 aromatic rings. The van der Waals surface area contributed by atoms with Gasteiger partial charge in [-0.25, -0.2) is 0 Å². The van der Waals surface area contributed by atoms with Gasteiger partial charge in [0.05, 0.1) is 11.3 Å². The number of nitrogens with one attached hydrogen (secondary N) is 1. The lowest BCUT2D eigenvalue weighted by Crippen LogP contribution is -2.53. The Balaban J connectivity index is 1.66. The van der Waals surface area contributed by atoms with Crippen LogP contribution in [0.2, 0.25) is 0 Å². The molecule has 0 aliphatic carbocycles. The largest absolute Gasteiger partial charge is 0.295 e. The SMILES string of the molecule is O=C1CCC(N2C(=O)c3cc(-c4cccnc4)cc4cccc2c34)C(=O)N1. The van der Waals surface area contributed by atoms with Crippen LogP contribution in [-0.2, 0) is 9.59 Å². The van der Waals surface area contributed by atoms with Gasteiger partial charge in [-0.1, -0.05) is 18.2 Å². The zero-order valence-corrected chi connectivity index (χ0v) is 14.3. The fourth-order valence-corrected chi connectivity index (χ4v) is 3.95. The van der Waals surface area contributed by atoms with Crippen LogP contribution in [0.3, 0.4) is 0 Å². The minimum absolute atomic E-state index is 0.207. The van der Waals surface area contributed by atoms with Gasteiger partial charge in [0.15, 0.2) is 0 Å². The molecule has 1 aromatic heterocycles. The van der Waals surface area contributed by atoms with Crippen LogP contribution >= 0.6 is 0 Å². The standard InChI is InChI=1S/C21H15N3O3/c25-18-7-6-17(20(26)23-18)24-16-5-1-3-12-9-14(13-4-2-8-22-11-13)10-15(19(12)16)21(24)27/h1-5,8-11,17H,6-7H2,(H,23,25,26). The first kappa shape index (κ1) is 15.7. The summed E-state index contributed by atoms with van der Waals surface area (Å²) in [5, 5.41) is 4.13. The molecule has 1 atom stereocenters. The van der Waals surface area contributed by atoms with Crippen molar-refractivity contribution in [2.45, 2.75) is 18.9 Å². The normalized spacial score (nSPS) is 18.9. The average molecular weight is 357 g/mol. The van der Waals surface area contributed by atoms with Gasteiger partial charge >= 0.3 is 0 Å². The highest BCUT2D eigenvalue weighted by molar-refractivity contribution is 6.27. The van der Waals surface area contributed by atoms with E-state index in [4.69, 9.17) is 0 Å². The summed E-state index contributed by atoms with van der Waals surface area (Å²) in [6.45, 7) is 0. The van der Waals surface area contributed by atoms with Crippen LogP contribution in [0, 0.1) is 0 Å². The molecule has 6 nitrogen and oxygen atoms in total. The van der Waals surface area contributed by atoms with Crippen LogP contribution in [0.4, 0.5) is 5.69 Å². The second kappa shape index (κ2) is 5.74. The van der Waals surface area contributed by atoms with Crippen LogP contribution in [0.15, 0.2) is 54.9 Å². The van der Waals surface area contributed by atoms with Gasteiger partial charge in [0.1, 0.15) is 6.04 Å². The molecule has 1 unspecified atom stereocenters. The second-order valence-corrected chi connectivity index (χ2v) is 6.78. The Hall–Kier alpha value is -3.54. The number of piperidine rings is 1. The maximum Gasteiger partial charge on any atom is 0.259 e. The first-order valence-electron chi connectivity index (χ1n) is 8.78. The molecule has 132 valence electrons. The Morgan fingerprint density at radius 3 is 2.70 bits per heavy atom. The molecule has 2 aliphatic heterocycles. The maximum atomic E-state index is 13.2. The predicted molar refractivity (Wildman–Crippen MR) is 100 cm³/mol. The maximum absolute atomic E-state index is 13.2. The molecule has 2 aliphatic rings. The predicted octanol–water partition coefficient (Wildman–Crippen LogP) is 2.67. The van der Waals surface area contributed by atoms with E-state index in [1.807, 2.05) is 42.5 Å². The molecule has 0 spiro atoms. The Morgan fingerprint density at radius 2 is 1.93 bits per heavy atom. The van der Waals surface area contributed by atoms with Crippen molar-refractivity contribution in [3.05, 3.63) is 60.4 Å². The average Bonchev–Trinajstić information content (AvgIpc) is 2.96. The number of carbonyl (C=O) groups excluding carboxylic acids is 3. The van der Waals surface area contributed by atoms with Crippen LogP contribution in [0.5, 0.6) is 0 Å². The molecule has 1 fully saturated rings. The minimum Gasteiger partial charge on any atom is -0.295 e. The molecule has 0 saturated carbocycles. The van der Waals surface area contributed by atoms with Crippen molar-refractivity contribution in [1.29, 1.82) is 0 Å². The Morgan fingerprint density at radius 1 is 1.04 bits per heavy atom. The van der Waals surface area contributed by atoms with Gasteiger partial charge in [-0.3, -0.25) is 29.6 Å². The zero-order chi connectivity index (χ0) is 18.5. The monoisotopic (exact) mass is 357 g/mol. The number of amides is 3. The zero-order valence-electron chi connectivity index (χ0n) is 14.3. The fourth-order valence-electron chi connectivity index (χ4n) is 3.95. The summed E-state index contributed by atoms with van der Waals surface area (Å²) in [6, 6.07) is 12.7. The van der Waals surface area contributed by atoms with Gasteiger partial charge in [0, 0.05) is 29.8 Å². The third-order valence-electron chi connectivity index (χ3n) is 5.18. The number of benzene rings is 2. The van der Waals surface area contributed by atoms with Gasteiger partial charge in [-0.15, -0.1) is 0 Å². The summed E-state index contributed by atoms with van der Waals surface area (Å²) in [7, 11) is 0. The lowest BCUT2D eigenvalue weighted by Gasteiger charge is -2.30. The van der Waals surface area contributed by atoms with E-state index in [1.165, 1.54) is 4.90 Å². The van der Waals surface area contributed by atoms with E-state index in [0.717, 1.165) is 27.6 Å². The van der Waals surface area contributed by atoms with Gasteiger partial charge in [-0.05, 0) is 41.6 Å². The summed E-state index contributed by atoms with van der Waals surface area (Å²) >= 11 is 0. The first-order valence-corrected chi connectivity index (χ1v) is 8.78. The van der Waals surface area contributed by atoms with Crippen molar-refractivity contribution in [2.75, 3.05) is 4.90 Å². The molecular formula is C21H15N3O3. The van der Waals surface area contributed by atoms with Crippen molar-refractivity contribution in [1.82, 2.24) is 10.3 Å². The van der Waals surface area contributed by atoms with Gasteiger partial charge in [0.25, 0.3) is 5.91 Å². The van der Waals surface area contributed by atoms with Gasteiger partial charge in [0.2, 0.25) is 11.8 Å². The number of anilines is 1. The minimum atomic E-state index is -0.671. The lowest BCUT2D eigenvalue weighted by molar-refractivity contribution is -0.134. The molecule has 5 rings (SSSR count). The van der Waals surface area contributed by atoms with E-state index >= 15 is 0 Å². The number of pyridine rings is 1. The second-order valence-electron chi connectivity index (χ2n) is 6.78. The quantitative estimate of drug-likeness (QED) is 0.715. The molecular weight excluding hydrogens is 342 g/mol. The summed E-state index contributed by atoms with van der Waals surface area (Å²) in [5.41, 5.74) is 3.13. The molecule has 0 radical (unpaired) electrons. The summed E-state index contributed by atoms with van der Waals surface area (Å²) < 4.78 is 0. The van der Waals surface area contributed by atoms with E-state index in [0.29, 0.717) is 12.0 Å². The highest BCUT2D eigenvalue weighted by Crippen LogP contribution is 2.41. The molecule has 1 saturated heterocycles. The highest BCUT2D eigenvalue weighted by atomic mass is 16.2. The number of imide groups is 1. The van der Waals surface area contributed by atoms with E-state index in [-0.39, 0.29) is 18.2 Å². The Labute approximate surface area is 154 Å². The van der Waals surface area contributed by atoms with E-state index in [1.54, 1.807) is 12.4 Å². The highest BCUT2D eigenvalue weighted by Gasteiger charge is 2.40. The topological polar surface area (TPSA) is 79.4 Å². The van der Waals surface area contributed by atoms with Crippen LogP contribution in [0.1, 0.15) is 23.2 Å². The molecule has 3 heterocycles. The summed E-state index contributed by atoms with van der Waals surface area (Å²) in [4.78, 5) is 42.8. The molecule has 6 heteroatoms. The van der Waals surface area contributed by atoms with Crippen molar-refractivity contribution in [2.24, 2.45) is 0 Å². The molecule has 27 heavy (non-hydrogen) atoms. The summed E-state index contributed by atoms with van der Waals surface area (Å²) in [6.07, 6.45) is 4.02. The van der Waals surface area contributed by atoms with Crippen molar-refractivity contribution in [3.63, 3.8) is 0 Å². The van der Waals surface area contributed by atoms with Crippen molar-refractivity contribution >= 4 is 34.2 Å². The molecule has 1 N–H and O–H groups in total. The van der Waals surface area contributed by atoms with Gasteiger partial charge in [-0.2, -0.15) is 0 Å². The third kappa shape index (κ3) is 2.33. The molecule has 3 amide bonds. The molecule has 2 aromatic carbocycles. The van der Waals surface area contributed by atoms with Crippen molar-refractivity contribution < 1.29 is 14.4 Å². The lowest BCUT2D eigenvalue weighted by atomic mass is 9.98. The van der Waals surface area contributed by atoms with E-state index in [2.05, 4.69) is 10.3 Å². The Bertz CT molecular complexity index is 1120. The number of aromatic nitrogens is 1. The van der Waals surface area contributed by atoms with Crippen LogP contribution in [-0.4, -0.2) is 28.7 Å². The number of nitrogens with zero attached hydrogens (tertiary/aromatic N) is 2.